The van der Waals surface area contributed by atoms with Crippen LogP contribution in [-0.4, -0.2) is 27.6 Å². The van der Waals surface area contributed by atoms with Gasteiger partial charge in [-0.1, -0.05) is 5.16 Å². The molecule has 2 aromatic heterocycles. The highest BCUT2D eigenvalue weighted by molar-refractivity contribution is 5.74. The average molecular weight is 290 g/mol. The van der Waals surface area contributed by atoms with Gasteiger partial charge >= 0.3 is 6.03 Å². The van der Waals surface area contributed by atoms with Crippen LogP contribution >= 0.6 is 0 Å². The SMILES string of the molecule is Cc1noc([C@@H]2CCCCN2C(=O)NCc2ccco2)n1. The van der Waals surface area contributed by atoms with Crippen LogP contribution in [0.2, 0.25) is 0 Å². The zero-order valence-electron chi connectivity index (χ0n) is 11.9. The summed E-state index contributed by atoms with van der Waals surface area (Å²) in [6, 6.07) is 3.35. The second-order valence-corrected chi connectivity index (χ2v) is 5.12. The lowest BCUT2D eigenvalue weighted by Crippen LogP contribution is -2.44. The van der Waals surface area contributed by atoms with E-state index in [2.05, 4.69) is 15.5 Å². The molecule has 112 valence electrons. The highest BCUT2D eigenvalue weighted by Crippen LogP contribution is 2.29. The number of amides is 2. The number of carbonyl (C=O) groups is 1. The van der Waals surface area contributed by atoms with Gasteiger partial charge in [0.2, 0.25) is 5.89 Å². The minimum atomic E-state index is -0.142. The van der Waals surface area contributed by atoms with Gasteiger partial charge < -0.3 is 19.2 Å². The minimum absolute atomic E-state index is 0.132. The molecule has 0 bridgehead atoms. The lowest BCUT2D eigenvalue weighted by molar-refractivity contribution is 0.131. The first-order valence-electron chi connectivity index (χ1n) is 7.11. The monoisotopic (exact) mass is 290 g/mol. The Morgan fingerprint density at radius 1 is 1.52 bits per heavy atom. The summed E-state index contributed by atoms with van der Waals surface area (Å²) in [5, 5.41) is 6.68. The van der Waals surface area contributed by atoms with Gasteiger partial charge in [0, 0.05) is 6.54 Å². The van der Waals surface area contributed by atoms with Gasteiger partial charge in [0.1, 0.15) is 11.8 Å². The molecule has 1 aliphatic rings. The zero-order chi connectivity index (χ0) is 14.7. The van der Waals surface area contributed by atoms with Crippen LogP contribution in [0.5, 0.6) is 0 Å². The molecule has 0 radical (unpaired) electrons. The Labute approximate surface area is 122 Å². The third kappa shape index (κ3) is 3.07. The highest BCUT2D eigenvalue weighted by Gasteiger charge is 2.31. The number of hydrogen-bond acceptors (Lipinski definition) is 5. The topological polar surface area (TPSA) is 84.4 Å². The van der Waals surface area contributed by atoms with E-state index >= 15 is 0 Å². The van der Waals surface area contributed by atoms with Gasteiger partial charge in [0.05, 0.1) is 12.8 Å². The van der Waals surface area contributed by atoms with Crippen molar-refractivity contribution >= 4 is 6.03 Å². The Morgan fingerprint density at radius 2 is 2.43 bits per heavy atom. The number of aryl methyl sites for hydroxylation is 1. The number of hydrogen-bond donors (Lipinski definition) is 1. The Balaban J connectivity index is 1.67. The summed E-state index contributed by atoms with van der Waals surface area (Å²) in [6.07, 6.45) is 4.47. The van der Waals surface area contributed by atoms with Crippen molar-refractivity contribution in [3.8, 4) is 0 Å². The molecule has 2 aromatic rings. The number of likely N-dealkylation sites (tertiary alicyclic amines) is 1. The molecule has 1 fully saturated rings. The van der Waals surface area contributed by atoms with Crippen LogP contribution in [0.1, 0.15) is 42.8 Å². The van der Waals surface area contributed by atoms with Crippen molar-refractivity contribution in [3.63, 3.8) is 0 Å². The summed E-state index contributed by atoms with van der Waals surface area (Å²) in [4.78, 5) is 18.4. The number of urea groups is 1. The zero-order valence-corrected chi connectivity index (χ0v) is 11.9. The molecule has 1 atom stereocenters. The molecule has 2 amide bonds. The van der Waals surface area contributed by atoms with E-state index in [1.54, 1.807) is 24.2 Å². The van der Waals surface area contributed by atoms with Gasteiger partial charge in [-0.25, -0.2) is 4.79 Å². The third-order valence-corrected chi connectivity index (χ3v) is 3.59. The molecule has 7 nitrogen and oxygen atoms in total. The number of aromatic nitrogens is 2. The summed E-state index contributed by atoms with van der Waals surface area (Å²) in [5.41, 5.74) is 0. The van der Waals surface area contributed by atoms with Crippen molar-refractivity contribution in [1.29, 1.82) is 0 Å². The Hall–Kier alpha value is -2.31. The van der Waals surface area contributed by atoms with E-state index in [1.807, 2.05) is 6.07 Å². The van der Waals surface area contributed by atoms with Crippen LogP contribution in [0, 0.1) is 6.92 Å². The molecule has 0 unspecified atom stereocenters. The molecule has 0 saturated carbocycles. The molecular weight excluding hydrogens is 272 g/mol. The Morgan fingerprint density at radius 3 is 3.14 bits per heavy atom. The summed E-state index contributed by atoms with van der Waals surface area (Å²) < 4.78 is 10.4. The molecule has 21 heavy (non-hydrogen) atoms. The second kappa shape index (κ2) is 5.99. The first-order chi connectivity index (χ1) is 10.2. The fourth-order valence-corrected chi connectivity index (χ4v) is 2.56. The first-order valence-corrected chi connectivity index (χ1v) is 7.11. The van der Waals surface area contributed by atoms with E-state index in [1.165, 1.54) is 0 Å². The quantitative estimate of drug-likeness (QED) is 0.938. The molecule has 0 spiro atoms. The number of piperidine rings is 1. The molecule has 0 aliphatic carbocycles. The van der Waals surface area contributed by atoms with Crippen LogP contribution in [0.25, 0.3) is 0 Å². The number of furan rings is 1. The van der Waals surface area contributed by atoms with Crippen LogP contribution in [-0.2, 0) is 6.54 Å². The van der Waals surface area contributed by atoms with E-state index in [0.29, 0.717) is 24.8 Å². The van der Waals surface area contributed by atoms with Gasteiger partial charge in [0.25, 0.3) is 0 Å². The molecule has 1 N–H and O–H groups in total. The van der Waals surface area contributed by atoms with E-state index in [4.69, 9.17) is 8.94 Å². The average Bonchev–Trinajstić information content (AvgIpc) is 3.16. The maximum Gasteiger partial charge on any atom is 0.318 e. The van der Waals surface area contributed by atoms with E-state index in [-0.39, 0.29) is 12.1 Å². The van der Waals surface area contributed by atoms with Crippen LogP contribution < -0.4 is 5.32 Å². The smallest absolute Gasteiger partial charge is 0.318 e. The number of nitrogens with one attached hydrogen (secondary N) is 1. The lowest BCUT2D eigenvalue weighted by atomic mass is 10.0. The molecular formula is C14H18N4O3. The number of rotatable bonds is 3. The predicted octanol–water partition coefficient (Wildman–Crippen LogP) is 2.41. The highest BCUT2D eigenvalue weighted by atomic mass is 16.5. The van der Waals surface area contributed by atoms with Crippen molar-refractivity contribution in [2.24, 2.45) is 0 Å². The molecule has 1 saturated heterocycles. The lowest BCUT2D eigenvalue weighted by Gasteiger charge is -2.33. The molecule has 3 rings (SSSR count). The van der Waals surface area contributed by atoms with Crippen molar-refractivity contribution < 1.29 is 13.7 Å². The summed E-state index contributed by atoms with van der Waals surface area (Å²) in [5.74, 6) is 1.83. The van der Waals surface area contributed by atoms with Crippen molar-refractivity contribution in [3.05, 3.63) is 35.9 Å². The molecule has 1 aliphatic heterocycles. The van der Waals surface area contributed by atoms with E-state index in [9.17, 15) is 4.79 Å². The first kappa shape index (κ1) is 13.7. The second-order valence-electron chi connectivity index (χ2n) is 5.12. The van der Waals surface area contributed by atoms with Gasteiger partial charge in [-0.3, -0.25) is 0 Å². The minimum Gasteiger partial charge on any atom is -0.467 e. The largest absolute Gasteiger partial charge is 0.467 e. The number of nitrogens with zero attached hydrogens (tertiary/aromatic N) is 3. The molecule has 7 heteroatoms. The predicted molar refractivity (Wildman–Crippen MR) is 73.3 cm³/mol. The van der Waals surface area contributed by atoms with Crippen molar-refractivity contribution in [2.75, 3.05) is 6.54 Å². The maximum atomic E-state index is 12.4. The standard InChI is InChI=1S/C14H18N4O3/c1-10-16-13(21-17-10)12-6-2-3-7-18(12)14(19)15-9-11-5-4-8-20-11/h4-5,8,12H,2-3,6-7,9H2,1H3,(H,15,19)/t12-/m0/s1. The van der Waals surface area contributed by atoms with Gasteiger partial charge in [-0.2, -0.15) is 4.98 Å². The molecule has 3 heterocycles. The Bertz CT molecular complexity index is 593. The van der Waals surface area contributed by atoms with Crippen LogP contribution in [0.4, 0.5) is 4.79 Å². The third-order valence-electron chi connectivity index (χ3n) is 3.59. The van der Waals surface area contributed by atoms with Crippen LogP contribution in [0.15, 0.2) is 27.3 Å². The summed E-state index contributed by atoms with van der Waals surface area (Å²) in [7, 11) is 0. The normalized spacial score (nSPS) is 18.7. The molecule has 0 aromatic carbocycles. The van der Waals surface area contributed by atoms with Gasteiger partial charge in [0.15, 0.2) is 5.82 Å². The fraction of sp³-hybridized carbons (Fsp3) is 0.500. The van der Waals surface area contributed by atoms with Gasteiger partial charge in [-0.05, 0) is 38.3 Å². The summed E-state index contributed by atoms with van der Waals surface area (Å²) >= 11 is 0. The fourth-order valence-electron chi connectivity index (χ4n) is 2.56. The van der Waals surface area contributed by atoms with Crippen molar-refractivity contribution in [1.82, 2.24) is 20.4 Å². The Kier molecular flexibility index (Phi) is 3.89. The van der Waals surface area contributed by atoms with Crippen LogP contribution in [0.3, 0.4) is 0 Å². The summed E-state index contributed by atoms with van der Waals surface area (Å²) in [6.45, 7) is 2.84. The maximum absolute atomic E-state index is 12.4. The van der Waals surface area contributed by atoms with E-state index in [0.717, 1.165) is 25.0 Å². The van der Waals surface area contributed by atoms with Gasteiger partial charge in [-0.15, -0.1) is 0 Å². The number of carbonyl (C=O) groups excluding carboxylic acids is 1. The van der Waals surface area contributed by atoms with Crippen molar-refractivity contribution in [2.45, 2.75) is 38.8 Å². The van der Waals surface area contributed by atoms with E-state index < -0.39 is 0 Å².